The molecule has 0 bridgehead atoms. The Hall–Kier alpha value is -1.39. The number of aliphatic hydroxyl groups excluding tert-OH is 1. The van der Waals surface area contributed by atoms with Gasteiger partial charge in [-0.15, -0.1) is 0 Å². The number of nitrogens with zero attached hydrogens (tertiary/aromatic N) is 2. The summed E-state index contributed by atoms with van der Waals surface area (Å²) in [6.07, 6.45) is -0.455. The molecule has 3 nitrogen and oxygen atoms in total. The third-order valence-corrected chi connectivity index (χ3v) is 3.85. The largest absolute Gasteiger partial charge is 0.389 e. The van der Waals surface area contributed by atoms with Gasteiger partial charge in [0.05, 0.1) is 24.0 Å². The van der Waals surface area contributed by atoms with E-state index < -0.39 is 6.10 Å². The number of aliphatic hydroxyl groups is 1. The summed E-state index contributed by atoms with van der Waals surface area (Å²) < 4.78 is 0.978. The third-order valence-electron chi connectivity index (χ3n) is 3.21. The van der Waals surface area contributed by atoms with Crippen LogP contribution in [0.1, 0.15) is 30.0 Å². The molecular weight excluding hydrogens is 316 g/mol. The van der Waals surface area contributed by atoms with Gasteiger partial charge in [-0.2, -0.15) is 0 Å². The fraction of sp³-hybridized carbons (Fsp3) is 0.312. The Morgan fingerprint density at radius 1 is 1.30 bits per heavy atom. The van der Waals surface area contributed by atoms with Gasteiger partial charge in [0, 0.05) is 17.2 Å². The molecule has 0 aliphatic heterocycles. The van der Waals surface area contributed by atoms with Gasteiger partial charge in [0.15, 0.2) is 0 Å². The highest BCUT2D eigenvalue weighted by molar-refractivity contribution is 9.10. The van der Waals surface area contributed by atoms with E-state index in [1.165, 1.54) is 0 Å². The predicted molar refractivity (Wildman–Crippen MR) is 85.9 cm³/mol. The number of hydrogen-bond donors (Lipinski definition) is 1. The highest BCUT2D eigenvalue weighted by Gasteiger charge is 2.10. The second-order valence-electron chi connectivity index (χ2n) is 5.01. The normalized spacial score (nSPS) is 12.2. The number of anilines is 1. The first kappa shape index (κ1) is 15.0. The van der Waals surface area contributed by atoms with Gasteiger partial charge in [-0.1, -0.05) is 12.1 Å². The Kier molecular flexibility index (Phi) is 4.78. The monoisotopic (exact) mass is 334 g/mol. The van der Waals surface area contributed by atoms with Gasteiger partial charge < -0.3 is 10.0 Å². The number of benzene rings is 1. The zero-order chi connectivity index (χ0) is 14.7. The maximum Gasteiger partial charge on any atom is 0.0762 e. The molecular formula is C16H19BrN2O. The maximum absolute atomic E-state index is 9.60. The van der Waals surface area contributed by atoms with Crippen LogP contribution in [0.25, 0.3) is 0 Å². The average Bonchev–Trinajstić information content (AvgIpc) is 2.38. The first-order valence-electron chi connectivity index (χ1n) is 6.58. The van der Waals surface area contributed by atoms with E-state index in [9.17, 15) is 5.11 Å². The summed E-state index contributed by atoms with van der Waals surface area (Å²) in [7, 11) is 2.03. The van der Waals surface area contributed by atoms with Crippen LogP contribution < -0.4 is 4.90 Å². The van der Waals surface area contributed by atoms with Crippen molar-refractivity contribution < 1.29 is 5.11 Å². The van der Waals surface area contributed by atoms with Gasteiger partial charge in [0.2, 0.25) is 0 Å². The number of halogens is 1. The zero-order valence-electron chi connectivity index (χ0n) is 12.0. The molecule has 2 aromatic rings. The van der Waals surface area contributed by atoms with Gasteiger partial charge in [-0.3, -0.25) is 4.98 Å². The highest BCUT2D eigenvalue weighted by Crippen LogP contribution is 2.29. The van der Waals surface area contributed by atoms with Crippen LogP contribution in [0.2, 0.25) is 0 Å². The standard InChI is InChI=1S/C16H19BrN2O/c1-11-5-4-6-14(18-11)10-19(3)16-8-7-13(12(2)20)9-15(16)17/h4-9,12,20H,10H2,1-3H3/t12-/m1/s1. The van der Waals surface area contributed by atoms with Crippen LogP contribution in [0.3, 0.4) is 0 Å². The first-order valence-corrected chi connectivity index (χ1v) is 7.38. The summed E-state index contributed by atoms with van der Waals surface area (Å²) in [6.45, 7) is 4.51. The molecule has 4 heteroatoms. The fourth-order valence-corrected chi connectivity index (χ4v) is 2.81. The highest BCUT2D eigenvalue weighted by atomic mass is 79.9. The smallest absolute Gasteiger partial charge is 0.0762 e. The number of pyridine rings is 1. The molecule has 1 heterocycles. The molecule has 1 aromatic heterocycles. The van der Waals surface area contributed by atoms with Crippen LogP contribution in [0.15, 0.2) is 40.9 Å². The first-order chi connectivity index (χ1) is 9.47. The molecule has 0 saturated heterocycles. The molecule has 1 atom stereocenters. The number of hydrogen-bond acceptors (Lipinski definition) is 3. The fourth-order valence-electron chi connectivity index (χ4n) is 2.11. The van der Waals surface area contributed by atoms with Gasteiger partial charge in [-0.05, 0) is 59.6 Å². The van der Waals surface area contributed by atoms with Crippen molar-refractivity contribution in [3.63, 3.8) is 0 Å². The topological polar surface area (TPSA) is 36.4 Å². The van der Waals surface area contributed by atoms with E-state index in [0.717, 1.165) is 33.7 Å². The van der Waals surface area contributed by atoms with Crippen molar-refractivity contribution in [2.24, 2.45) is 0 Å². The van der Waals surface area contributed by atoms with E-state index >= 15 is 0 Å². The lowest BCUT2D eigenvalue weighted by Gasteiger charge is -2.21. The second-order valence-corrected chi connectivity index (χ2v) is 5.87. The van der Waals surface area contributed by atoms with E-state index in [0.29, 0.717) is 0 Å². The Morgan fingerprint density at radius 2 is 2.05 bits per heavy atom. The number of aromatic nitrogens is 1. The Morgan fingerprint density at radius 3 is 2.65 bits per heavy atom. The Balaban J connectivity index is 2.19. The molecule has 0 saturated carbocycles. The van der Waals surface area contributed by atoms with Crippen LogP contribution in [0.5, 0.6) is 0 Å². The minimum absolute atomic E-state index is 0.455. The predicted octanol–water partition coefficient (Wildman–Crippen LogP) is 3.84. The van der Waals surface area contributed by atoms with Crippen molar-refractivity contribution in [1.82, 2.24) is 4.98 Å². The molecule has 2 rings (SSSR count). The lowest BCUT2D eigenvalue weighted by atomic mass is 10.1. The van der Waals surface area contributed by atoms with Gasteiger partial charge >= 0.3 is 0 Å². The van der Waals surface area contributed by atoms with Crippen LogP contribution in [-0.2, 0) is 6.54 Å². The van der Waals surface area contributed by atoms with Gasteiger partial charge in [-0.25, -0.2) is 0 Å². The van der Waals surface area contributed by atoms with Crippen LogP contribution >= 0.6 is 15.9 Å². The maximum atomic E-state index is 9.60. The molecule has 0 radical (unpaired) electrons. The summed E-state index contributed by atoms with van der Waals surface area (Å²) >= 11 is 3.57. The van der Waals surface area contributed by atoms with E-state index in [-0.39, 0.29) is 0 Å². The van der Waals surface area contributed by atoms with Crippen LogP contribution in [0.4, 0.5) is 5.69 Å². The molecule has 0 spiro atoms. The molecule has 0 fully saturated rings. The molecule has 1 aromatic carbocycles. The zero-order valence-corrected chi connectivity index (χ0v) is 13.6. The summed E-state index contributed by atoms with van der Waals surface area (Å²) in [6, 6.07) is 12.0. The lowest BCUT2D eigenvalue weighted by molar-refractivity contribution is 0.199. The van der Waals surface area contributed by atoms with Crippen LogP contribution in [0, 0.1) is 6.92 Å². The quantitative estimate of drug-likeness (QED) is 0.922. The molecule has 20 heavy (non-hydrogen) atoms. The number of rotatable bonds is 4. The summed E-state index contributed by atoms with van der Waals surface area (Å²) in [5.41, 5.74) is 4.05. The van der Waals surface area contributed by atoms with E-state index in [2.05, 4.69) is 25.8 Å². The minimum Gasteiger partial charge on any atom is -0.389 e. The summed E-state index contributed by atoms with van der Waals surface area (Å²) in [4.78, 5) is 6.65. The molecule has 0 unspecified atom stereocenters. The molecule has 0 amide bonds. The minimum atomic E-state index is -0.455. The molecule has 0 aliphatic carbocycles. The van der Waals surface area contributed by atoms with Crippen molar-refractivity contribution in [2.75, 3.05) is 11.9 Å². The lowest BCUT2D eigenvalue weighted by Crippen LogP contribution is -2.18. The van der Waals surface area contributed by atoms with Crippen molar-refractivity contribution in [3.05, 3.63) is 57.8 Å². The Bertz CT molecular complexity index is 599. The summed E-state index contributed by atoms with van der Waals surface area (Å²) in [5, 5.41) is 9.60. The SMILES string of the molecule is Cc1cccc(CN(C)c2ccc([C@@H](C)O)cc2Br)n1. The van der Waals surface area contributed by atoms with Gasteiger partial charge in [0.25, 0.3) is 0 Å². The van der Waals surface area contributed by atoms with E-state index in [1.807, 2.05) is 50.4 Å². The van der Waals surface area contributed by atoms with Crippen molar-refractivity contribution >= 4 is 21.6 Å². The molecule has 1 N–H and O–H groups in total. The third kappa shape index (κ3) is 3.58. The van der Waals surface area contributed by atoms with Crippen molar-refractivity contribution in [2.45, 2.75) is 26.5 Å². The van der Waals surface area contributed by atoms with Gasteiger partial charge in [0.1, 0.15) is 0 Å². The second kappa shape index (κ2) is 6.37. The average molecular weight is 335 g/mol. The summed E-state index contributed by atoms with van der Waals surface area (Å²) in [5.74, 6) is 0. The number of aryl methyl sites for hydroxylation is 1. The van der Waals surface area contributed by atoms with E-state index in [1.54, 1.807) is 6.92 Å². The van der Waals surface area contributed by atoms with Crippen LogP contribution in [-0.4, -0.2) is 17.1 Å². The van der Waals surface area contributed by atoms with Crippen molar-refractivity contribution in [3.8, 4) is 0 Å². The molecule has 106 valence electrons. The Labute approximate surface area is 128 Å². The van der Waals surface area contributed by atoms with E-state index in [4.69, 9.17) is 0 Å². The van der Waals surface area contributed by atoms with Crippen molar-refractivity contribution in [1.29, 1.82) is 0 Å². The molecule has 0 aliphatic rings.